The van der Waals surface area contributed by atoms with Crippen LogP contribution in [0.1, 0.15) is 68.7 Å². The van der Waals surface area contributed by atoms with Gasteiger partial charge in [-0.05, 0) is 36.0 Å². The van der Waals surface area contributed by atoms with Gasteiger partial charge in [0.2, 0.25) is 0 Å². The van der Waals surface area contributed by atoms with Crippen LogP contribution < -0.4 is 0 Å². The highest BCUT2D eigenvalue weighted by molar-refractivity contribution is 6.77. The van der Waals surface area contributed by atoms with Gasteiger partial charge in [0, 0.05) is 12.3 Å². The Labute approximate surface area is 127 Å². The molecule has 0 N–H and O–H groups in total. The minimum absolute atomic E-state index is 0.539. The quantitative estimate of drug-likeness (QED) is 0.419. The molecular weight excluding hydrogens is 260 g/mol. The van der Waals surface area contributed by atoms with Crippen LogP contribution in [-0.2, 0) is 4.43 Å². The summed E-state index contributed by atoms with van der Waals surface area (Å²) in [6, 6.07) is 0. The van der Waals surface area contributed by atoms with E-state index in [0.717, 1.165) is 6.42 Å². The Kier molecular flexibility index (Phi) is 5.71. The van der Waals surface area contributed by atoms with Crippen LogP contribution in [0.25, 0.3) is 0 Å². The molecule has 0 saturated carbocycles. The Morgan fingerprint density at radius 3 is 1.85 bits per heavy atom. The highest BCUT2D eigenvalue weighted by atomic mass is 28.4. The number of rotatable bonds is 5. The van der Waals surface area contributed by atoms with Crippen LogP contribution in [0, 0.1) is 5.92 Å². The Morgan fingerprint density at radius 1 is 1.00 bits per heavy atom. The summed E-state index contributed by atoms with van der Waals surface area (Å²) in [5.74, 6) is 1.81. The summed E-state index contributed by atoms with van der Waals surface area (Å²) in [7, 11) is -1.80. The maximum atomic E-state index is 6.87. The first-order chi connectivity index (χ1) is 9.14. The molecule has 116 valence electrons. The van der Waals surface area contributed by atoms with Crippen LogP contribution in [0.15, 0.2) is 23.0 Å². The maximum absolute atomic E-state index is 6.87. The molecule has 1 aliphatic rings. The van der Waals surface area contributed by atoms with Crippen LogP contribution in [0.4, 0.5) is 0 Å². The van der Waals surface area contributed by atoms with Gasteiger partial charge in [0.15, 0.2) is 0 Å². The predicted octanol–water partition coefficient (Wildman–Crippen LogP) is 6.44. The molecule has 1 unspecified atom stereocenters. The SMILES string of the molecule is CC1=CCC(O[Si](C(C)C)(C(C)C)C(C)C)=C(C)C1C. The summed E-state index contributed by atoms with van der Waals surface area (Å²) in [5, 5.41) is 0. The fraction of sp³-hybridized carbons (Fsp3) is 0.778. The van der Waals surface area contributed by atoms with E-state index in [1.165, 1.54) is 16.9 Å². The molecule has 0 fully saturated rings. The van der Waals surface area contributed by atoms with Gasteiger partial charge >= 0.3 is 0 Å². The van der Waals surface area contributed by atoms with Gasteiger partial charge in [-0.3, -0.25) is 0 Å². The second kappa shape index (κ2) is 6.51. The third kappa shape index (κ3) is 3.05. The molecular formula is C18H34OSi. The minimum atomic E-state index is -1.80. The number of allylic oxidation sites excluding steroid dienone is 3. The maximum Gasteiger partial charge on any atom is 0.258 e. The van der Waals surface area contributed by atoms with E-state index in [4.69, 9.17) is 4.43 Å². The lowest BCUT2D eigenvalue weighted by molar-refractivity contribution is 0.350. The molecule has 0 aliphatic heterocycles. The molecule has 0 radical (unpaired) electrons. The first kappa shape index (κ1) is 17.5. The summed E-state index contributed by atoms with van der Waals surface area (Å²) in [6.45, 7) is 20.9. The highest BCUT2D eigenvalue weighted by Crippen LogP contribution is 2.45. The Hall–Kier alpha value is -0.503. The minimum Gasteiger partial charge on any atom is -0.545 e. The first-order valence-corrected chi connectivity index (χ1v) is 10.3. The summed E-state index contributed by atoms with van der Waals surface area (Å²) in [6.07, 6.45) is 3.34. The second-order valence-electron chi connectivity index (χ2n) is 7.40. The van der Waals surface area contributed by atoms with Crippen LogP contribution in [0.3, 0.4) is 0 Å². The van der Waals surface area contributed by atoms with E-state index in [1.54, 1.807) is 0 Å². The molecule has 1 atom stereocenters. The third-order valence-electron chi connectivity index (χ3n) is 5.39. The second-order valence-corrected chi connectivity index (χ2v) is 12.8. The molecule has 0 bridgehead atoms. The largest absolute Gasteiger partial charge is 0.545 e. The van der Waals surface area contributed by atoms with E-state index >= 15 is 0 Å². The Bertz CT molecular complexity index is 380. The lowest BCUT2D eigenvalue weighted by Gasteiger charge is -2.44. The average molecular weight is 295 g/mol. The van der Waals surface area contributed by atoms with Crippen molar-refractivity contribution in [1.29, 1.82) is 0 Å². The molecule has 0 spiro atoms. The molecule has 0 aromatic heterocycles. The zero-order valence-corrected chi connectivity index (χ0v) is 16.0. The van der Waals surface area contributed by atoms with Crippen molar-refractivity contribution < 1.29 is 4.43 Å². The van der Waals surface area contributed by atoms with Crippen molar-refractivity contribution in [3.8, 4) is 0 Å². The van der Waals surface area contributed by atoms with Gasteiger partial charge in [-0.2, -0.15) is 0 Å². The third-order valence-corrected chi connectivity index (χ3v) is 11.4. The van der Waals surface area contributed by atoms with Gasteiger partial charge in [0.1, 0.15) is 0 Å². The lowest BCUT2D eigenvalue weighted by Crippen LogP contribution is -2.47. The van der Waals surface area contributed by atoms with Gasteiger partial charge in [0.05, 0.1) is 5.76 Å². The summed E-state index contributed by atoms with van der Waals surface area (Å²) in [5.41, 5.74) is 4.87. The highest BCUT2D eigenvalue weighted by Gasteiger charge is 2.47. The number of hydrogen-bond acceptors (Lipinski definition) is 1. The fourth-order valence-corrected chi connectivity index (χ4v) is 9.24. The molecule has 0 amide bonds. The van der Waals surface area contributed by atoms with E-state index < -0.39 is 8.32 Å². The van der Waals surface area contributed by atoms with Gasteiger partial charge in [-0.15, -0.1) is 0 Å². The van der Waals surface area contributed by atoms with Crippen molar-refractivity contribution in [3.05, 3.63) is 23.0 Å². The molecule has 1 nitrogen and oxygen atoms in total. The summed E-state index contributed by atoms with van der Waals surface area (Å²) in [4.78, 5) is 0. The van der Waals surface area contributed by atoms with Crippen molar-refractivity contribution in [2.45, 2.75) is 85.4 Å². The van der Waals surface area contributed by atoms with E-state index in [9.17, 15) is 0 Å². The normalized spacial score (nSPS) is 21.0. The van der Waals surface area contributed by atoms with Crippen molar-refractivity contribution in [3.63, 3.8) is 0 Å². The summed E-state index contributed by atoms with van der Waals surface area (Å²) < 4.78 is 6.87. The molecule has 1 aliphatic carbocycles. The van der Waals surface area contributed by atoms with Gasteiger partial charge < -0.3 is 4.43 Å². The first-order valence-electron chi connectivity index (χ1n) is 8.19. The topological polar surface area (TPSA) is 9.23 Å². The lowest BCUT2D eigenvalue weighted by atomic mass is 9.88. The molecule has 0 saturated heterocycles. The standard InChI is InChI=1S/C18H34OSi/c1-12(2)20(13(3)4,14(5)6)19-18-11-10-15(7)16(8)17(18)9/h10,12-14,16H,11H2,1-9H3. The summed E-state index contributed by atoms with van der Waals surface area (Å²) >= 11 is 0. The van der Waals surface area contributed by atoms with Gasteiger partial charge in [-0.1, -0.05) is 60.1 Å². The average Bonchev–Trinajstić information content (AvgIpc) is 2.34. The molecule has 0 aromatic rings. The van der Waals surface area contributed by atoms with Crippen LogP contribution in [0.2, 0.25) is 16.6 Å². The molecule has 2 heteroatoms. The van der Waals surface area contributed by atoms with E-state index in [0.29, 0.717) is 22.5 Å². The van der Waals surface area contributed by atoms with E-state index in [-0.39, 0.29) is 0 Å². The Balaban J connectivity index is 3.15. The number of hydrogen-bond donors (Lipinski definition) is 0. The van der Waals surface area contributed by atoms with E-state index in [1.807, 2.05) is 0 Å². The van der Waals surface area contributed by atoms with Crippen molar-refractivity contribution in [1.82, 2.24) is 0 Å². The molecule has 0 aromatic carbocycles. The van der Waals surface area contributed by atoms with Crippen molar-refractivity contribution >= 4 is 8.32 Å². The molecule has 20 heavy (non-hydrogen) atoms. The van der Waals surface area contributed by atoms with Crippen LogP contribution >= 0.6 is 0 Å². The Morgan fingerprint density at radius 2 is 1.45 bits per heavy atom. The molecule has 0 heterocycles. The van der Waals surface area contributed by atoms with E-state index in [2.05, 4.69) is 68.4 Å². The fourth-order valence-electron chi connectivity index (χ4n) is 3.86. The van der Waals surface area contributed by atoms with Crippen molar-refractivity contribution in [2.75, 3.05) is 0 Å². The molecule has 1 rings (SSSR count). The van der Waals surface area contributed by atoms with Gasteiger partial charge in [0.25, 0.3) is 8.32 Å². The van der Waals surface area contributed by atoms with Gasteiger partial charge in [-0.25, -0.2) is 0 Å². The smallest absolute Gasteiger partial charge is 0.258 e. The monoisotopic (exact) mass is 294 g/mol. The van der Waals surface area contributed by atoms with Crippen LogP contribution in [0.5, 0.6) is 0 Å². The van der Waals surface area contributed by atoms with Crippen molar-refractivity contribution in [2.24, 2.45) is 5.92 Å². The van der Waals surface area contributed by atoms with Crippen LogP contribution in [-0.4, -0.2) is 8.32 Å². The predicted molar refractivity (Wildman–Crippen MR) is 92.4 cm³/mol. The zero-order chi connectivity index (χ0) is 15.7. The zero-order valence-electron chi connectivity index (χ0n) is 15.0.